The fourth-order valence-electron chi connectivity index (χ4n) is 3.95. The van der Waals surface area contributed by atoms with Gasteiger partial charge in [0.15, 0.2) is 6.10 Å². The lowest BCUT2D eigenvalue weighted by Gasteiger charge is -2.28. The first kappa shape index (κ1) is 28.0. The summed E-state index contributed by atoms with van der Waals surface area (Å²) in [5.41, 5.74) is 1.68. The Hall–Kier alpha value is -3.54. The number of esters is 2. The molecule has 194 valence electrons. The molecular formula is C27H26Cl2N2O6. The van der Waals surface area contributed by atoms with E-state index in [4.69, 9.17) is 43.8 Å². The van der Waals surface area contributed by atoms with Crippen LogP contribution in [0.15, 0.2) is 41.7 Å². The SMILES string of the molecule is C#CC(C)Oc1cc(N(Cc2cncc(C(=O)OC)c2)C(=O)C2=C(C(=O)OC)CCCC2)c(Cl)cc1Cl. The fourth-order valence-corrected chi connectivity index (χ4v) is 4.47. The minimum atomic E-state index is -0.594. The zero-order valence-corrected chi connectivity index (χ0v) is 22.2. The predicted octanol–water partition coefficient (Wildman–Crippen LogP) is 5.15. The van der Waals surface area contributed by atoms with Gasteiger partial charge in [0, 0.05) is 29.6 Å². The number of carbonyl (C=O) groups is 3. The lowest BCUT2D eigenvalue weighted by atomic mass is 9.90. The van der Waals surface area contributed by atoms with Gasteiger partial charge in [-0.1, -0.05) is 29.1 Å². The summed E-state index contributed by atoms with van der Waals surface area (Å²) in [6, 6.07) is 4.54. The smallest absolute Gasteiger partial charge is 0.339 e. The highest BCUT2D eigenvalue weighted by atomic mass is 35.5. The van der Waals surface area contributed by atoms with Crippen molar-refractivity contribution in [1.29, 1.82) is 0 Å². The summed E-state index contributed by atoms with van der Waals surface area (Å²) in [5, 5.41) is 0.386. The van der Waals surface area contributed by atoms with Crippen LogP contribution in [0.3, 0.4) is 0 Å². The van der Waals surface area contributed by atoms with E-state index in [1.165, 1.54) is 43.6 Å². The molecule has 0 saturated heterocycles. The van der Waals surface area contributed by atoms with Crippen LogP contribution in [-0.4, -0.2) is 43.2 Å². The van der Waals surface area contributed by atoms with Crippen LogP contribution in [0, 0.1) is 12.3 Å². The number of aromatic nitrogens is 1. The van der Waals surface area contributed by atoms with E-state index in [-0.39, 0.29) is 33.6 Å². The second kappa shape index (κ2) is 12.6. The van der Waals surface area contributed by atoms with E-state index in [0.29, 0.717) is 29.6 Å². The van der Waals surface area contributed by atoms with Crippen LogP contribution in [0.4, 0.5) is 5.69 Å². The molecule has 1 aliphatic rings. The average molecular weight is 545 g/mol. The molecule has 1 aromatic heterocycles. The van der Waals surface area contributed by atoms with Crippen molar-refractivity contribution >= 4 is 46.7 Å². The van der Waals surface area contributed by atoms with Gasteiger partial charge in [0.2, 0.25) is 0 Å². The van der Waals surface area contributed by atoms with Gasteiger partial charge < -0.3 is 19.1 Å². The molecule has 37 heavy (non-hydrogen) atoms. The Morgan fingerprint density at radius 3 is 2.35 bits per heavy atom. The lowest BCUT2D eigenvalue weighted by molar-refractivity contribution is -0.136. The molecule has 8 nitrogen and oxygen atoms in total. The second-order valence-corrected chi connectivity index (χ2v) is 9.10. The third-order valence-electron chi connectivity index (χ3n) is 5.79. The van der Waals surface area contributed by atoms with Crippen molar-refractivity contribution in [2.45, 2.75) is 45.3 Å². The normalized spacial score (nSPS) is 13.8. The highest BCUT2D eigenvalue weighted by Crippen LogP contribution is 2.39. The van der Waals surface area contributed by atoms with E-state index in [0.717, 1.165) is 12.8 Å². The van der Waals surface area contributed by atoms with Gasteiger partial charge in [-0.25, -0.2) is 9.59 Å². The number of methoxy groups -OCH3 is 2. The first-order valence-electron chi connectivity index (χ1n) is 11.5. The predicted molar refractivity (Wildman–Crippen MR) is 140 cm³/mol. The number of hydrogen-bond acceptors (Lipinski definition) is 7. The van der Waals surface area contributed by atoms with Crippen molar-refractivity contribution in [2.75, 3.05) is 19.1 Å². The zero-order valence-electron chi connectivity index (χ0n) is 20.7. The van der Waals surface area contributed by atoms with Crippen LogP contribution in [0.1, 0.15) is 48.5 Å². The maximum absolute atomic E-state index is 14.0. The van der Waals surface area contributed by atoms with Crippen LogP contribution in [0.5, 0.6) is 5.75 Å². The summed E-state index contributed by atoms with van der Waals surface area (Å²) in [7, 11) is 2.54. The largest absolute Gasteiger partial charge is 0.476 e. The van der Waals surface area contributed by atoms with Gasteiger partial charge in [0.1, 0.15) is 5.75 Å². The van der Waals surface area contributed by atoms with Crippen LogP contribution in [-0.2, 0) is 25.6 Å². The molecule has 1 aliphatic carbocycles. The van der Waals surface area contributed by atoms with E-state index in [9.17, 15) is 14.4 Å². The van der Waals surface area contributed by atoms with Crippen LogP contribution >= 0.6 is 23.2 Å². The van der Waals surface area contributed by atoms with Crippen molar-refractivity contribution in [3.63, 3.8) is 0 Å². The topological polar surface area (TPSA) is 95.0 Å². The van der Waals surface area contributed by atoms with E-state index in [1.807, 2.05) is 0 Å². The van der Waals surface area contributed by atoms with Crippen LogP contribution < -0.4 is 9.64 Å². The number of ether oxygens (including phenoxy) is 3. The number of halogens is 2. The summed E-state index contributed by atoms with van der Waals surface area (Å²) in [6.45, 7) is 1.65. The number of rotatable bonds is 8. The maximum Gasteiger partial charge on any atom is 0.339 e. The van der Waals surface area contributed by atoms with Crippen LogP contribution in [0.25, 0.3) is 0 Å². The number of carbonyl (C=O) groups excluding carboxylic acids is 3. The van der Waals surface area contributed by atoms with Crippen LogP contribution in [0.2, 0.25) is 10.0 Å². The minimum absolute atomic E-state index is 0.0277. The minimum Gasteiger partial charge on any atom is -0.476 e. The number of anilines is 1. The third-order valence-corrected chi connectivity index (χ3v) is 6.39. The quantitative estimate of drug-likeness (QED) is 0.334. The van der Waals surface area contributed by atoms with Crippen molar-refractivity contribution in [1.82, 2.24) is 4.98 Å². The van der Waals surface area contributed by atoms with Crippen molar-refractivity contribution in [2.24, 2.45) is 0 Å². The van der Waals surface area contributed by atoms with Gasteiger partial charge in [-0.2, -0.15) is 0 Å². The molecule has 0 bridgehead atoms. The highest BCUT2D eigenvalue weighted by molar-refractivity contribution is 6.37. The number of hydrogen-bond donors (Lipinski definition) is 0. The zero-order chi connectivity index (χ0) is 27.1. The molecule has 0 fully saturated rings. The molecule has 1 unspecified atom stereocenters. The summed E-state index contributed by atoms with van der Waals surface area (Å²) in [4.78, 5) is 44.1. The summed E-state index contributed by atoms with van der Waals surface area (Å²) < 4.78 is 15.4. The number of pyridine rings is 1. The number of terminal acetylenes is 1. The molecular weight excluding hydrogens is 519 g/mol. The molecule has 10 heteroatoms. The Kier molecular flexibility index (Phi) is 9.56. The first-order valence-corrected chi connectivity index (χ1v) is 12.2. The molecule has 0 spiro atoms. The van der Waals surface area contributed by atoms with E-state index >= 15 is 0 Å². The fraction of sp³-hybridized carbons (Fsp3) is 0.333. The molecule has 1 aromatic carbocycles. The van der Waals surface area contributed by atoms with Gasteiger partial charge in [0.05, 0.1) is 42.1 Å². The van der Waals surface area contributed by atoms with E-state index < -0.39 is 23.9 Å². The van der Waals surface area contributed by atoms with E-state index in [2.05, 4.69) is 10.9 Å². The molecule has 0 radical (unpaired) electrons. The highest BCUT2D eigenvalue weighted by Gasteiger charge is 2.30. The Morgan fingerprint density at radius 2 is 1.70 bits per heavy atom. The van der Waals surface area contributed by atoms with Gasteiger partial charge >= 0.3 is 11.9 Å². The summed E-state index contributed by atoms with van der Waals surface area (Å²) >= 11 is 12.9. The summed E-state index contributed by atoms with van der Waals surface area (Å²) in [5.74, 6) is 1.13. The molecule has 1 amide bonds. The van der Waals surface area contributed by atoms with Gasteiger partial charge in [-0.3, -0.25) is 9.78 Å². The monoisotopic (exact) mass is 544 g/mol. The Balaban J connectivity index is 2.15. The molecule has 0 N–H and O–H groups in total. The lowest BCUT2D eigenvalue weighted by Crippen LogP contribution is -2.34. The second-order valence-electron chi connectivity index (χ2n) is 8.28. The van der Waals surface area contributed by atoms with Crippen molar-refractivity contribution in [3.05, 3.63) is 62.9 Å². The molecule has 1 atom stereocenters. The number of amides is 1. The van der Waals surface area contributed by atoms with Gasteiger partial charge in [0.25, 0.3) is 5.91 Å². The third kappa shape index (κ3) is 6.62. The van der Waals surface area contributed by atoms with Gasteiger partial charge in [-0.15, -0.1) is 6.42 Å². The molecule has 2 aromatic rings. The summed E-state index contributed by atoms with van der Waals surface area (Å²) in [6.07, 6.45) is 10.0. The Bertz CT molecular complexity index is 1280. The number of nitrogens with zero attached hydrogens (tertiary/aromatic N) is 2. The van der Waals surface area contributed by atoms with Crippen molar-refractivity contribution in [3.8, 4) is 18.1 Å². The molecule has 1 heterocycles. The Labute approximate surface area is 225 Å². The van der Waals surface area contributed by atoms with E-state index in [1.54, 1.807) is 13.0 Å². The molecule has 0 aliphatic heterocycles. The Morgan fingerprint density at radius 1 is 1.03 bits per heavy atom. The average Bonchev–Trinajstić information content (AvgIpc) is 2.92. The van der Waals surface area contributed by atoms with Crippen molar-refractivity contribution < 1.29 is 28.6 Å². The van der Waals surface area contributed by atoms with Gasteiger partial charge in [-0.05, 0) is 50.3 Å². The number of benzene rings is 1. The first-order chi connectivity index (χ1) is 17.7. The molecule has 3 rings (SSSR count). The standard InChI is InChI=1S/C27H26Cl2N2O6/c1-5-16(2)37-24-12-23(21(28)11-22(24)29)31(15-17-10-18(14-30-13-17)26(33)35-3)25(32)19-8-6-7-9-20(19)27(34)36-4/h1,10-14,16H,6-9,15H2,2-4H3. The maximum atomic E-state index is 14.0. The molecule has 0 saturated carbocycles.